The average molecular weight is 251 g/mol. The molecule has 2 heterocycles. The molecule has 1 aliphatic heterocycles. The number of rotatable bonds is 5. The van der Waals surface area contributed by atoms with Crippen LogP contribution in [0, 0.1) is 6.92 Å². The summed E-state index contributed by atoms with van der Waals surface area (Å²) >= 11 is 0. The normalized spacial score (nSPS) is 19.1. The molecule has 1 aromatic rings. The summed E-state index contributed by atoms with van der Waals surface area (Å²) in [5.41, 5.74) is 6.55. The molecule has 0 bridgehead atoms. The quantitative estimate of drug-likeness (QED) is 0.706. The lowest BCUT2D eigenvalue weighted by Crippen LogP contribution is -2.25. The Balaban J connectivity index is 1.97. The molecule has 1 amide bonds. The first-order valence-electron chi connectivity index (χ1n) is 6.40. The first kappa shape index (κ1) is 12.9. The highest BCUT2D eigenvalue weighted by Crippen LogP contribution is 2.18. The molecule has 2 rings (SSSR count). The SMILES string of the molecule is Cc1nn(C)c(NCC[C@@H]2CCCN2)c1C(N)=O. The lowest BCUT2D eigenvalue weighted by Gasteiger charge is -2.12. The number of amides is 1. The number of carbonyl (C=O) groups is 1. The van der Waals surface area contributed by atoms with Crippen molar-refractivity contribution >= 4 is 11.7 Å². The van der Waals surface area contributed by atoms with Gasteiger partial charge in [-0.1, -0.05) is 0 Å². The van der Waals surface area contributed by atoms with Crippen molar-refractivity contribution < 1.29 is 4.79 Å². The molecule has 1 atom stereocenters. The molecule has 0 saturated carbocycles. The maximum absolute atomic E-state index is 11.4. The highest BCUT2D eigenvalue weighted by molar-refractivity contribution is 5.98. The van der Waals surface area contributed by atoms with Crippen LogP contribution in [0.15, 0.2) is 0 Å². The van der Waals surface area contributed by atoms with E-state index in [9.17, 15) is 4.79 Å². The Morgan fingerprint density at radius 3 is 3.06 bits per heavy atom. The number of anilines is 1. The summed E-state index contributed by atoms with van der Waals surface area (Å²) < 4.78 is 1.68. The van der Waals surface area contributed by atoms with E-state index < -0.39 is 5.91 Å². The van der Waals surface area contributed by atoms with Crippen molar-refractivity contribution in [1.29, 1.82) is 0 Å². The van der Waals surface area contributed by atoms with Gasteiger partial charge in [0.05, 0.1) is 5.69 Å². The molecule has 0 radical (unpaired) electrons. The van der Waals surface area contributed by atoms with E-state index in [2.05, 4.69) is 15.7 Å². The number of aryl methyl sites for hydroxylation is 2. The van der Waals surface area contributed by atoms with Gasteiger partial charge < -0.3 is 16.4 Å². The summed E-state index contributed by atoms with van der Waals surface area (Å²) in [7, 11) is 1.82. The molecule has 6 nitrogen and oxygen atoms in total. The molecule has 0 aliphatic carbocycles. The van der Waals surface area contributed by atoms with Crippen LogP contribution in [0.5, 0.6) is 0 Å². The highest BCUT2D eigenvalue weighted by atomic mass is 16.1. The van der Waals surface area contributed by atoms with Crippen LogP contribution in [0.1, 0.15) is 35.3 Å². The van der Waals surface area contributed by atoms with Crippen LogP contribution in [-0.4, -0.2) is 34.8 Å². The number of nitrogens with zero attached hydrogens (tertiary/aromatic N) is 2. The molecular formula is C12H21N5O. The fourth-order valence-electron chi connectivity index (χ4n) is 2.52. The van der Waals surface area contributed by atoms with Crippen LogP contribution in [0.3, 0.4) is 0 Å². The van der Waals surface area contributed by atoms with Crippen LogP contribution in [0.25, 0.3) is 0 Å². The molecule has 100 valence electrons. The minimum atomic E-state index is -0.429. The van der Waals surface area contributed by atoms with E-state index in [4.69, 9.17) is 5.73 Å². The van der Waals surface area contributed by atoms with Gasteiger partial charge in [-0.2, -0.15) is 5.10 Å². The van der Waals surface area contributed by atoms with Crippen LogP contribution in [0.4, 0.5) is 5.82 Å². The Bertz CT molecular complexity index is 434. The van der Waals surface area contributed by atoms with Crippen LogP contribution < -0.4 is 16.4 Å². The Kier molecular flexibility index (Phi) is 3.86. The third-order valence-corrected chi connectivity index (χ3v) is 3.42. The van der Waals surface area contributed by atoms with Gasteiger partial charge in [0.15, 0.2) is 0 Å². The smallest absolute Gasteiger partial charge is 0.254 e. The predicted octanol–water partition coefficient (Wildman–Crippen LogP) is 0.381. The van der Waals surface area contributed by atoms with Gasteiger partial charge in [-0.15, -0.1) is 0 Å². The molecule has 1 saturated heterocycles. The second kappa shape index (κ2) is 5.39. The number of primary amides is 1. The minimum Gasteiger partial charge on any atom is -0.370 e. The molecule has 1 aliphatic rings. The Hall–Kier alpha value is -1.56. The second-order valence-corrected chi connectivity index (χ2v) is 4.81. The van der Waals surface area contributed by atoms with Crippen molar-refractivity contribution in [3.05, 3.63) is 11.3 Å². The Morgan fingerprint density at radius 1 is 1.67 bits per heavy atom. The topological polar surface area (TPSA) is 85.0 Å². The molecule has 1 fully saturated rings. The van der Waals surface area contributed by atoms with Gasteiger partial charge in [0.25, 0.3) is 5.91 Å². The number of aromatic nitrogens is 2. The number of nitrogens with one attached hydrogen (secondary N) is 2. The monoisotopic (exact) mass is 251 g/mol. The van der Waals surface area contributed by atoms with Crippen molar-refractivity contribution in [3.8, 4) is 0 Å². The van der Waals surface area contributed by atoms with Crippen molar-refractivity contribution in [2.45, 2.75) is 32.2 Å². The highest BCUT2D eigenvalue weighted by Gasteiger charge is 2.18. The van der Waals surface area contributed by atoms with Crippen molar-refractivity contribution in [1.82, 2.24) is 15.1 Å². The van der Waals surface area contributed by atoms with Crippen LogP contribution >= 0.6 is 0 Å². The summed E-state index contributed by atoms with van der Waals surface area (Å²) in [6, 6.07) is 0.587. The van der Waals surface area contributed by atoms with E-state index in [0.29, 0.717) is 17.3 Å². The summed E-state index contributed by atoms with van der Waals surface area (Å²) in [5.74, 6) is 0.292. The third kappa shape index (κ3) is 2.64. The largest absolute Gasteiger partial charge is 0.370 e. The summed E-state index contributed by atoms with van der Waals surface area (Å²) in [6.07, 6.45) is 3.53. The van der Waals surface area contributed by atoms with Crippen LogP contribution in [0.2, 0.25) is 0 Å². The van der Waals surface area contributed by atoms with E-state index in [1.54, 1.807) is 11.6 Å². The zero-order valence-corrected chi connectivity index (χ0v) is 11.0. The van der Waals surface area contributed by atoms with Crippen LogP contribution in [-0.2, 0) is 7.05 Å². The van der Waals surface area contributed by atoms with E-state index in [1.165, 1.54) is 12.8 Å². The third-order valence-electron chi connectivity index (χ3n) is 3.42. The molecule has 0 spiro atoms. The lowest BCUT2D eigenvalue weighted by molar-refractivity contribution is 0.100. The first-order valence-corrected chi connectivity index (χ1v) is 6.40. The summed E-state index contributed by atoms with van der Waals surface area (Å²) in [5, 5.41) is 10.9. The number of carbonyl (C=O) groups excluding carboxylic acids is 1. The first-order chi connectivity index (χ1) is 8.59. The van der Waals surface area contributed by atoms with Crippen molar-refractivity contribution in [2.24, 2.45) is 12.8 Å². The Morgan fingerprint density at radius 2 is 2.44 bits per heavy atom. The van der Waals surface area contributed by atoms with Gasteiger partial charge in [-0.25, -0.2) is 0 Å². The molecule has 0 aromatic carbocycles. The Labute approximate surface area is 107 Å². The fraction of sp³-hybridized carbons (Fsp3) is 0.667. The number of hydrogen-bond donors (Lipinski definition) is 3. The summed E-state index contributed by atoms with van der Waals surface area (Å²) in [6.45, 7) is 3.72. The lowest BCUT2D eigenvalue weighted by atomic mass is 10.1. The molecule has 1 aromatic heterocycles. The van der Waals surface area contributed by atoms with E-state index in [1.807, 2.05) is 7.05 Å². The molecule has 18 heavy (non-hydrogen) atoms. The number of hydrogen-bond acceptors (Lipinski definition) is 4. The van der Waals surface area contributed by atoms with Gasteiger partial charge in [0.1, 0.15) is 11.4 Å². The predicted molar refractivity (Wildman–Crippen MR) is 70.6 cm³/mol. The van der Waals surface area contributed by atoms with Crippen molar-refractivity contribution in [2.75, 3.05) is 18.4 Å². The van der Waals surface area contributed by atoms with Gasteiger partial charge >= 0.3 is 0 Å². The van der Waals surface area contributed by atoms with E-state index >= 15 is 0 Å². The maximum Gasteiger partial charge on any atom is 0.254 e. The van der Waals surface area contributed by atoms with E-state index in [-0.39, 0.29) is 0 Å². The average Bonchev–Trinajstić information content (AvgIpc) is 2.87. The van der Waals surface area contributed by atoms with Gasteiger partial charge in [-0.3, -0.25) is 9.48 Å². The number of nitrogens with two attached hydrogens (primary N) is 1. The summed E-state index contributed by atoms with van der Waals surface area (Å²) in [4.78, 5) is 11.4. The van der Waals surface area contributed by atoms with Gasteiger partial charge in [-0.05, 0) is 32.7 Å². The molecule has 0 unspecified atom stereocenters. The maximum atomic E-state index is 11.4. The van der Waals surface area contributed by atoms with Gasteiger partial charge in [0, 0.05) is 19.6 Å². The molecular weight excluding hydrogens is 230 g/mol. The molecule has 6 heteroatoms. The second-order valence-electron chi connectivity index (χ2n) is 4.81. The minimum absolute atomic E-state index is 0.429. The van der Waals surface area contributed by atoms with Crippen molar-refractivity contribution in [3.63, 3.8) is 0 Å². The van der Waals surface area contributed by atoms with E-state index in [0.717, 1.165) is 25.3 Å². The molecule has 4 N–H and O–H groups in total. The fourth-order valence-corrected chi connectivity index (χ4v) is 2.52. The van der Waals surface area contributed by atoms with Gasteiger partial charge in [0.2, 0.25) is 0 Å². The zero-order valence-electron chi connectivity index (χ0n) is 11.0. The zero-order chi connectivity index (χ0) is 13.1. The standard InChI is InChI=1S/C12H21N5O/c1-8-10(11(13)18)12(17(2)16-8)15-7-5-9-4-3-6-14-9/h9,14-15H,3-7H2,1-2H3,(H2,13,18)/t9-/m0/s1.